The summed E-state index contributed by atoms with van der Waals surface area (Å²) in [4.78, 5) is 5.06. The highest BCUT2D eigenvalue weighted by molar-refractivity contribution is 6.73. The zero-order valence-electron chi connectivity index (χ0n) is 44.1. The van der Waals surface area contributed by atoms with Gasteiger partial charge in [-0.3, -0.25) is 0 Å². The van der Waals surface area contributed by atoms with Gasteiger partial charge in [-0.15, -0.1) is 0 Å². The Balaban J connectivity index is 1.17. The predicted molar refractivity (Wildman–Crippen MR) is 314 cm³/mol. The molecule has 1 aliphatic heterocycles. The van der Waals surface area contributed by atoms with Gasteiger partial charge in [0.1, 0.15) is 0 Å². The molecule has 0 saturated heterocycles. The van der Waals surface area contributed by atoms with E-state index in [1.165, 1.54) is 95.6 Å². The van der Waals surface area contributed by atoms with Crippen LogP contribution in [0.5, 0.6) is 0 Å². The average molecular weight is 948 g/mol. The summed E-state index contributed by atoms with van der Waals surface area (Å²) in [5.41, 5.74) is 26.1. The highest BCUT2D eigenvalue weighted by atomic mass is 15.2. The molecule has 9 aromatic rings. The number of nitrogens with zero attached hydrogens (tertiary/aromatic N) is 2. The second-order valence-corrected chi connectivity index (χ2v) is 23.4. The molecule has 0 bridgehead atoms. The number of aryl methyl sites for hydroxylation is 1. The lowest BCUT2D eigenvalue weighted by Crippen LogP contribution is -2.42. The van der Waals surface area contributed by atoms with Crippen LogP contribution in [0.15, 0.2) is 200 Å². The number of para-hydroxylation sites is 3. The van der Waals surface area contributed by atoms with Crippen molar-refractivity contribution >= 4 is 63.7 Å². The number of rotatable bonds is 8. The molecule has 0 saturated carbocycles. The van der Waals surface area contributed by atoms with Gasteiger partial charge in [-0.2, -0.15) is 0 Å². The fourth-order valence-corrected chi connectivity index (χ4v) is 12.8. The van der Waals surface area contributed by atoms with Crippen molar-refractivity contribution in [1.29, 1.82) is 0 Å². The molecule has 0 fully saturated rings. The van der Waals surface area contributed by atoms with Gasteiger partial charge in [-0.25, -0.2) is 0 Å². The quantitative estimate of drug-likeness (QED) is 0.153. The van der Waals surface area contributed by atoms with E-state index in [0.717, 1.165) is 42.1 Å². The molecule has 0 radical (unpaired) electrons. The molecule has 3 nitrogen and oxygen atoms in total. The van der Waals surface area contributed by atoms with Crippen molar-refractivity contribution in [2.45, 2.75) is 96.8 Å². The Kier molecular flexibility index (Phi) is 11.0. The van der Waals surface area contributed by atoms with Crippen molar-refractivity contribution in [2.24, 2.45) is 0 Å². The van der Waals surface area contributed by atoms with Crippen molar-refractivity contribution in [3.8, 4) is 22.3 Å². The average Bonchev–Trinajstić information content (AvgIpc) is 3.40. The molecule has 0 spiro atoms. The van der Waals surface area contributed by atoms with Gasteiger partial charge >= 0.3 is 0 Å². The fraction of sp³-hybridized carbons (Fsp3) is 0.217. The van der Waals surface area contributed by atoms with Crippen LogP contribution in [0, 0.1) is 6.92 Å². The summed E-state index contributed by atoms with van der Waals surface area (Å²) in [6.07, 6.45) is 2.31. The van der Waals surface area contributed by atoms with E-state index in [-0.39, 0.29) is 21.7 Å². The van der Waals surface area contributed by atoms with Gasteiger partial charge in [0.25, 0.3) is 0 Å². The van der Waals surface area contributed by atoms with Gasteiger partial charge < -0.3 is 15.1 Å². The normalized spacial score (nSPS) is 16.2. The summed E-state index contributed by atoms with van der Waals surface area (Å²) in [6, 6.07) is 74.9. The molecular weight excluding hydrogens is 882 g/mol. The highest BCUT2D eigenvalue weighted by Crippen LogP contribution is 2.54. The number of hydrogen-bond acceptors (Lipinski definition) is 3. The number of benzene rings is 9. The minimum absolute atomic E-state index is 0.0192. The third kappa shape index (κ3) is 7.80. The van der Waals surface area contributed by atoms with Crippen molar-refractivity contribution in [3.05, 3.63) is 239 Å². The van der Waals surface area contributed by atoms with E-state index in [9.17, 15) is 0 Å². The first kappa shape index (κ1) is 46.5. The van der Waals surface area contributed by atoms with Crippen LogP contribution >= 0.6 is 0 Å². The lowest BCUT2D eigenvalue weighted by Gasteiger charge is -2.45. The fourth-order valence-electron chi connectivity index (χ4n) is 12.8. The maximum absolute atomic E-state index is 4.03. The summed E-state index contributed by atoms with van der Waals surface area (Å²) < 4.78 is 0. The first-order chi connectivity index (χ1) is 35.1. The Hall–Kier alpha value is -7.56. The maximum atomic E-state index is 4.03. The summed E-state index contributed by atoms with van der Waals surface area (Å²) in [5.74, 6) is 0. The third-order valence-electron chi connectivity index (χ3n) is 17.1. The predicted octanol–water partition coefficient (Wildman–Crippen LogP) is 17.0. The second-order valence-electron chi connectivity index (χ2n) is 23.4. The van der Waals surface area contributed by atoms with Gasteiger partial charge in [0.05, 0.1) is 0 Å². The lowest BCUT2D eigenvalue weighted by molar-refractivity contribution is 0.332. The molecule has 0 aromatic heterocycles. The molecule has 4 heteroatoms. The molecule has 2 aliphatic carbocycles. The molecular formula is C69H66BN3. The van der Waals surface area contributed by atoms with Crippen molar-refractivity contribution in [1.82, 2.24) is 0 Å². The zero-order chi connectivity index (χ0) is 50.4. The van der Waals surface area contributed by atoms with Gasteiger partial charge in [0, 0.05) is 61.9 Å². The van der Waals surface area contributed by atoms with Crippen LogP contribution in [0.25, 0.3) is 22.3 Å². The summed E-state index contributed by atoms with van der Waals surface area (Å²) >= 11 is 0. The largest absolute Gasteiger partial charge is 0.355 e. The van der Waals surface area contributed by atoms with Crippen LogP contribution in [0.1, 0.15) is 107 Å². The van der Waals surface area contributed by atoms with Crippen LogP contribution in [-0.4, -0.2) is 7.28 Å². The Labute approximate surface area is 434 Å². The van der Waals surface area contributed by atoms with Crippen LogP contribution in [0.2, 0.25) is 0 Å². The first-order valence-corrected chi connectivity index (χ1v) is 26.4. The van der Waals surface area contributed by atoms with Gasteiger partial charge in [-0.1, -0.05) is 182 Å². The van der Waals surface area contributed by atoms with E-state index >= 15 is 0 Å². The SMILES string of the molecule is Cc1cc2c(cc1N1c3cc(N(c4ccccc4)c4ccccc4)ccc3Bc3c(-c4cc5c(cc4Nc4ccccc4)C(C)(C)c4ccccc4C5(C)C)cc(-c4ccccc4)cc31)C(C)(C)CCC2(C)C. The first-order valence-electron chi connectivity index (χ1n) is 26.4. The van der Waals surface area contributed by atoms with E-state index in [4.69, 9.17) is 0 Å². The van der Waals surface area contributed by atoms with Crippen LogP contribution in [0.3, 0.4) is 0 Å². The highest BCUT2D eigenvalue weighted by Gasteiger charge is 2.43. The number of hydrogen-bond donors (Lipinski definition) is 1. The van der Waals surface area contributed by atoms with E-state index in [1.54, 1.807) is 0 Å². The van der Waals surface area contributed by atoms with E-state index < -0.39 is 0 Å². The molecule has 1 N–H and O–H groups in total. The Morgan fingerprint density at radius 3 is 1.56 bits per heavy atom. The summed E-state index contributed by atoms with van der Waals surface area (Å²) in [5, 5.41) is 4.03. The smallest absolute Gasteiger partial charge is 0.198 e. The zero-order valence-corrected chi connectivity index (χ0v) is 44.1. The maximum Gasteiger partial charge on any atom is 0.198 e. The summed E-state index contributed by atoms with van der Waals surface area (Å²) in [6.45, 7) is 21.8. The van der Waals surface area contributed by atoms with Gasteiger partial charge in [0.2, 0.25) is 0 Å². The number of fused-ring (bicyclic) bond motifs is 5. The van der Waals surface area contributed by atoms with Crippen molar-refractivity contribution in [3.63, 3.8) is 0 Å². The van der Waals surface area contributed by atoms with E-state index in [1.807, 2.05) is 0 Å². The van der Waals surface area contributed by atoms with Crippen molar-refractivity contribution in [2.75, 3.05) is 15.1 Å². The van der Waals surface area contributed by atoms with Crippen LogP contribution in [0.4, 0.5) is 45.5 Å². The van der Waals surface area contributed by atoms with E-state index in [0.29, 0.717) is 0 Å². The van der Waals surface area contributed by atoms with Crippen LogP contribution in [-0.2, 0) is 21.7 Å². The second kappa shape index (κ2) is 17.3. The molecule has 73 heavy (non-hydrogen) atoms. The lowest BCUT2D eigenvalue weighted by atomic mass is 9.57. The molecule has 1 heterocycles. The molecule has 9 aromatic carbocycles. The molecule has 0 amide bonds. The molecule has 360 valence electrons. The van der Waals surface area contributed by atoms with E-state index in [2.05, 4.69) is 278 Å². The van der Waals surface area contributed by atoms with Crippen molar-refractivity contribution < 1.29 is 0 Å². The summed E-state index contributed by atoms with van der Waals surface area (Å²) in [7, 11) is 0.768. The van der Waals surface area contributed by atoms with Gasteiger partial charge in [0.15, 0.2) is 7.28 Å². The Morgan fingerprint density at radius 2 is 0.959 bits per heavy atom. The molecule has 3 aliphatic rings. The minimum atomic E-state index is -0.238. The van der Waals surface area contributed by atoms with Crippen LogP contribution < -0.4 is 26.0 Å². The number of nitrogens with one attached hydrogen (secondary N) is 1. The monoisotopic (exact) mass is 948 g/mol. The minimum Gasteiger partial charge on any atom is -0.355 e. The number of anilines is 8. The Bertz CT molecular complexity index is 3530. The molecule has 0 atom stereocenters. The molecule has 12 rings (SSSR count). The standard InChI is InChI=1S/C69H66BN3/c1-45-38-56-57(67(4,5)37-36-66(56,2)3)44-62(45)73-63-41-51(72(49-28-18-12-19-29-49)50-30-20-13-21-31-50)34-35-60(63)70-65-53(39-47(40-64(65)73)46-24-14-10-15-25-46)52-42-58-59(43-61(52)71-48-26-16-11-17-27-48)69(8,9)55-33-23-22-32-54(55)68(58,6)7/h10-35,38-44,70-71H,36-37H2,1-9H3. The Morgan fingerprint density at radius 1 is 0.425 bits per heavy atom. The van der Waals surface area contributed by atoms with Gasteiger partial charge in [-0.05, 0) is 171 Å². The third-order valence-corrected chi connectivity index (χ3v) is 17.1. The molecule has 0 unspecified atom stereocenters. The topological polar surface area (TPSA) is 18.5 Å².